The number of rotatable bonds is 9. The average molecular weight is 301 g/mol. The molecule has 5 heteroatoms. The molecule has 0 bridgehead atoms. The maximum Gasteiger partial charge on any atom is 0.175 e. The van der Waals surface area contributed by atoms with E-state index in [9.17, 15) is 12.8 Å². The minimum absolute atomic E-state index is 0.143. The molecule has 1 rings (SSSR count). The summed E-state index contributed by atoms with van der Waals surface area (Å²) in [6.45, 7) is 2.84. The van der Waals surface area contributed by atoms with Crippen molar-refractivity contribution in [3.8, 4) is 0 Å². The standard InChI is InChI=1S/C15H24FNO2S/c1-3-4-5-6-7-8-11-17-15-12-13(20(2,18)19)9-10-14(15)16/h9-10,12,17H,3-8,11H2,1-2H3. The molecular weight excluding hydrogens is 277 g/mol. The molecule has 0 heterocycles. The molecular formula is C15H24FNO2S. The summed E-state index contributed by atoms with van der Waals surface area (Å²) < 4.78 is 36.4. The quantitative estimate of drug-likeness (QED) is 0.554. The molecule has 1 aromatic rings. The Balaban J connectivity index is 2.44. The monoisotopic (exact) mass is 301 g/mol. The highest BCUT2D eigenvalue weighted by molar-refractivity contribution is 7.90. The topological polar surface area (TPSA) is 46.2 Å². The minimum atomic E-state index is -3.29. The lowest BCUT2D eigenvalue weighted by molar-refractivity contribution is 0.600. The number of hydrogen-bond acceptors (Lipinski definition) is 3. The van der Waals surface area contributed by atoms with E-state index in [-0.39, 0.29) is 10.6 Å². The highest BCUT2D eigenvalue weighted by atomic mass is 32.2. The van der Waals surface area contributed by atoms with E-state index in [1.165, 1.54) is 43.9 Å². The zero-order valence-corrected chi connectivity index (χ0v) is 13.1. The summed E-state index contributed by atoms with van der Waals surface area (Å²) in [6, 6.07) is 3.85. The fourth-order valence-corrected chi connectivity index (χ4v) is 2.65. The van der Waals surface area contributed by atoms with Gasteiger partial charge in [-0.3, -0.25) is 0 Å². The minimum Gasteiger partial charge on any atom is -0.383 e. The molecule has 0 aliphatic carbocycles. The third kappa shape index (κ3) is 5.90. The maximum atomic E-state index is 13.6. The van der Waals surface area contributed by atoms with Crippen LogP contribution >= 0.6 is 0 Å². The second-order valence-corrected chi connectivity index (χ2v) is 7.12. The van der Waals surface area contributed by atoms with E-state index in [4.69, 9.17) is 0 Å². The van der Waals surface area contributed by atoms with Gasteiger partial charge in [-0.25, -0.2) is 12.8 Å². The third-order valence-electron chi connectivity index (χ3n) is 3.21. The van der Waals surface area contributed by atoms with E-state index < -0.39 is 15.7 Å². The van der Waals surface area contributed by atoms with Crippen LogP contribution in [0.4, 0.5) is 10.1 Å². The van der Waals surface area contributed by atoms with Gasteiger partial charge in [-0.15, -0.1) is 0 Å². The fraction of sp³-hybridized carbons (Fsp3) is 0.600. The lowest BCUT2D eigenvalue weighted by Gasteiger charge is -2.09. The van der Waals surface area contributed by atoms with Gasteiger partial charge in [-0.05, 0) is 24.6 Å². The molecule has 0 unspecified atom stereocenters. The van der Waals surface area contributed by atoms with Gasteiger partial charge < -0.3 is 5.32 Å². The van der Waals surface area contributed by atoms with Crippen LogP contribution in [0.2, 0.25) is 0 Å². The lowest BCUT2D eigenvalue weighted by Crippen LogP contribution is -2.05. The predicted molar refractivity (Wildman–Crippen MR) is 81.4 cm³/mol. The van der Waals surface area contributed by atoms with E-state index in [0.29, 0.717) is 6.54 Å². The van der Waals surface area contributed by atoms with Gasteiger partial charge in [0.2, 0.25) is 0 Å². The van der Waals surface area contributed by atoms with Crippen LogP contribution in [0.5, 0.6) is 0 Å². The largest absolute Gasteiger partial charge is 0.383 e. The first kappa shape index (κ1) is 17.0. The van der Waals surface area contributed by atoms with Crippen molar-refractivity contribution in [2.75, 3.05) is 18.1 Å². The molecule has 0 aliphatic rings. The van der Waals surface area contributed by atoms with Crippen molar-refractivity contribution < 1.29 is 12.8 Å². The van der Waals surface area contributed by atoms with Crippen molar-refractivity contribution in [3.05, 3.63) is 24.0 Å². The normalized spacial score (nSPS) is 11.6. The first-order chi connectivity index (χ1) is 9.45. The van der Waals surface area contributed by atoms with Crippen molar-refractivity contribution in [2.24, 2.45) is 0 Å². The highest BCUT2D eigenvalue weighted by Gasteiger charge is 2.10. The molecule has 1 N–H and O–H groups in total. The van der Waals surface area contributed by atoms with E-state index >= 15 is 0 Å². The van der Waals surface area contributed by atoms with Gasteiger partial charge in [0.25, 0.3) is 0 Å². The number of nitrogens with one attached hydrogen (secondary N) is 1. The van der Waals surface area contributed by atoms with Crippen LogP contribution in [0.25, 0.3) is 0 Å². The van der Waals surface area contributed by atoms with Crippen molar-refractivity contribution in [1.29, 1.82) is 0 Å². The van der Waals surface area contributed by atoms with Crippen LogP contribution in [0.3, 0.4) is 0 Å². The molecule has 1 aromatic carbocycles. The molecule has 0 fully saturated rings. The summed E-state index contributed by atoms with van der Waals surface area (Å²) in [4.78, 5) is 0.143. The summed E-state index contributed by atoms with van der Waals surface area (Å²) in [6.07, 6.45) is 8.13. The number of unbranched alkanes of at least 4 members (excludes halogenated alkanes) is 5. The smallest absolute Gasteiger partial charge is 0.175 e. The van der Waals surface area contributed by atoms with Crippen LogP contribution in [-0.4, -0.2) is 21.2 Å². The fourth-order valence-electron chi connectivity index (χ4n) is 2.00. The number of halogens is 1. The Kier molecular flexibility index (Phi) is 6.99. The average Bonchev–Trinajstić information content (AvgIpc) is 2.38. The van der Waals surface area contributed by atoms with Gasteiger partial charge in [-0.1, -0.05) is 39.0 Å². The Morgan fingerprint density at radius 2 is 1.75 bits per heavy atom. The molecule has 0 atom stereocenters. The molecule has 0 saturated carbocycles. The second kappa shape index (κ2) is 8.25. The van der Waals surface area contributed by atoms with Crippen LogP contribution in [0.1, 0.15) is 45.4 Å². The maximum absolute atomic E-state index is 13.6. The van der Waals surface area contributed by atoms with Gasteiger partial charge in [0.15, 0.2) is 9.84 Å². The molecule has 0 spiro atoms. The summed E-state index contributed by atoms with van der Waals surface area (Å²) in [5.41, 5.74) is 0.265. The number of sulfone groups is 1. The van der Waals surface area contributed by atoms with E-state index in [0.717, 1.165) is 19.1 Å². The van der Waals surface area contributed by atoms with Gasteiger partial charge in [0, 0.05) is 12.8 Å². The molecule has 0 aliphatic heterocycles. The zero-order valence-electron chi connectivity index (χ0n) is 12.3. The van der Waals surface area contributed by atoms with E-state index in [1.807, 2.05) is 0 Å². The Labute approximate surface area is 121 Å². The van der Waals surface area contributed by atoms with Gasteiger partial charge in [-0.2, -0.15) is 0 Å². The van der Waals surface area contributed by atoms with Crippen LogP contribution in [0, 0.1) is 5.82 Å². The first-order valence-corrected chi connectivity index (χ1v) is 9.07. The van der Waals surface area contributed by atoms with Gasteiger partial charge in [0.05, 0.1) is 10.6 Å². The number of anilines is 1. The van der Waals surface area contributed by atoms with Crippen molar-refractivity contribution in [1.82, 2.24) is 0 Å². The lowest BCUT2D eigenvalue weighted by atomic mass is 10.1. The Morgan fingerprint density at radius 3 is 2.40 bits per heavy atom. The SMILES string of the molecule is CCCCCCCCNc1cc(S(C)(=O)=O)ccc1F. The molecule has 114 valence electrons. The first-order valence-electron chi connectivity index (χ1n) is 7.18. The van der Waals surface area contributed by atoms with Gasteiger partial charge in [0.1, 0.15) is 5.82 Å². The summed E-state index contributed by atoms with van der Waals surface area (Å²) in [7, 11) is -3.29. The predicted octanol–water partition coefficient (Wildman–Crippen LogP) is 4.00. The second-order valence-electron chi connectivity index (χ2n) is 5.11. The number of hydrogen-bond donors (Lipinski definition) is 1. The van der Waals surface area contributed by atoms with Crippen LogP contribution in [-0.2, 0) is 9.84 Å². The molecule has 0 saturated heterocycles. The van der Waals surface area contributed by atoms with Crippen LogP contribution < -0.4 is 5.32 Å². The highest BCUT2D eigenvalue weighted by Crippen LogP contribution is 2.19. The Hall–Kier alpha value is -1.10. The molecule has 0 amide bonds. The third-order valence-corrected chi connectivity index (χ3v) is 4.32. The van der Waals surface area contributed by atoms with Crippen molar-refractivity contribution in [3.63, 3.8) is 0 Å². The summed E-state index contributed by atoms with van der Waals surface area (Å²) >= 11 is 0. The van der Waals surface area contributed by atoms with Crippen molar-refractivity contribution in [2.45, 2.75) is 50.3 Å². The molecule has 3 nitrogen and oxygen atoms in total. The van der Waals surface area contributed by atoms with Crippen LogP contribution in [0.15, 0.2) is 23.1 Å². The summed E-state index contributed by atoms with van der Waals surface area (Å²) in [5, 5.41) is 2.98. The van der Waals surface area contributed by atoms with E-state index in [2.05, 4.69) is 12.2 Å². The van der Waals surface area contributed by atoms with Gasteiger partial charge >= 0.3 is 0 Å². The Bertz CT molecular complexity index is 515. The molecule has 0 aromatic heterocycles. The number of benzene rings is 1. The van der Waals surface area contributed by atoms with E-state index in [1.54, 1.807) is 0 Å². The zero-order chi connectivity index (χ0) is 15.0. The molecule has 20 heavy (non-hydrogen) atoms. The Morgan fingerprint density at radius 1 is 1.10 bits per heavy atom. The summed E-state index contributed by atoms with van der Waals surface area (Å²) in [5.74, 6) is -0.414. The molecule has 0 radical (unpaired) electrons. The van der Waals surface area contributed by atoms with Crippen molar-refractivity contribution >= 4 is 15.5 Å².